The summed E-state index contributed by atoms with van der Waals surface area (Å²) in [6, 6.07) is 9.11. The number of ether oxygens (including phenoxy) is 1. The SMILES string of the molecule is CCOc1cc(N)cc(Nc2c(Cl)ccc3nsnc23)c1. The van der Waals surface area contributed by atoms with E-state index in [2.05, 4.69) is 14.1 Å². The lowest BCUT2D eigenvalue weighted by Gasteiger charge is -2.12. The highest BCUT2D eigenvalue weighted by molar-refractivity contribution is 7.00. The Morgan fingerprint density at radius 2 is 2.14 bits per heavy atom. The molecule has 0 aliphatic carbocycles. The number of nitrogens with zero attached hydrogens (tertiary/aromatic N) is 2. The molecule has 0 spiro atoms. The van der Waals surface area contributed by atoms with Crippen LogP contribution in [0, 0.1) is 0 Å². The molecule has 0 saturated heterocycles. The fourth-order valence-corrected chi connectivity index (χ4v) is 2.78. The first-order valence-electron chi connectivity index (χ1n) is 6.38. The van der Waals surface area contributed by atoms with Crippen molar-refractivity contribution in [2.24, 2.45) is 0 Å². The Hall–Kier alpha value is -2.05. The van der Waals surface area contributed by atoms with Gasteiger partial charge < -0.3 is 15.8 Å². The molecule has 0 bridgehead atoms. The van der Waals surface area contributed by atoms with Gasteiger partial charge in [0.05, 0.1) is 29.0 Å². The van der Waals surface area contributed by atoms with Crippen molar-refractivity contribution >= 4 is 51.4 Å². The van der Waals surface area contributed by atoms with Gasteiger partial charge in [0.15, 0.2) is 0 Å². The van der Waals surface area contributed by atoms with Crippen LogP contribution in [-0.4, -0.2) is 15.4 Å². The summed E-state index contributed by atoms with van der Waals surface area (Å²) in [5.74, 6) is 0.708. The fourth-order valence-electron chi connectivity index (χ4n) is 2.03. The van der Waals surface area contributed by atoms with Gasteiger partial charge >= 0.3 is 0 Å². The van der Waals surface area contributed by atoms with Crippen molar-refractivity contribution < 1.29 is 4.74 Å². The standard InChI is InChI=1S/C14H13ClN4OS/c1-2-20-10-6-8(16)5-9(7-10)17-13-11(15)3-4-12-14(13)19-21-18-12/h3-7,17H,2,16H2,1H3. The molecule has 0 aliphatic heterocycles. The molecular weight excluding hydrogens is 308 g/mol. The van der Waals surface area contributed by atoms with Crippen LogP contribution < -0.4 is 15.8 Å². The second kappa shape index (κ2) is 5.75. The predicted octanol–water partition coefficient (Wildman–Crippen LogP) is 4.07. The van der Waals surface area contributed by atoms with Crippen LogP contribution in [-0.2, 0) is 0 Å². The maximum absolute atomic E-state index is 6.26. The smallest absolute Gasteiger partial charge is 0.129 e. The molecule has 5 nitrogen and oxygen atoms in total. The van der Waals surface area contributed by atoms with E-state index in [1.54, 1.807) is 12.1 Å². The van der Waals surface area contributed by atoms with Crippen LogP contribution in [0.3, 0.4) is 0 Å². The monoisotopic (exact) mass is 320 g/mol. The minimum absolute atomic E-state index is 0.579. The van der Waals surface area contributed by atoms with Gasteiger partial charge in [0.2, 0.25) is 0 Å². The quantitative estimate of drug-likeness (QED) is 0.709. The third-order valence-electron chi connectivity index (χ3n) is 2.89. The summed E-state index contributed by atoms with van der Waals surface area (Å²) < 4.78 is 14.0. The number of anilines is 3. The minimum atomic E-state index is 0.579. The Bertz CT molecular complexity index is 790. The Morgan fingerprint density at radius 3 is 2.95 bits per heavy atom. The lowest BCUT2D eigenvalue weighted by Crippen LogP contribution is -1.97. The maximum Gasteiger partial charge on any atom is 0.129 e. The van der Waals surface area contributed by atoms with E-state index in [1.807, 2.05) is 25.1 Å². The van der Waals surface area contributed by atoms with Crippen LogP contribution >= 0.6 is 23.3 Å². The van der Waals surface area contributed by atoms with Crippen molar-refractivity contribution in [2.75, 3.05) is 17.7 Å². The summed E-state index contributed by atoms with van der Waals surface area (Å²) >= 11 is 7.42. The molecule has 0 aliphatic rings. The molecule has 0 fully saturated rings. The van der Waals surface area contributed by atoms with Gasteiger partial charge in [-0.1, -0.05) is 11.6 Å². The number of hydrogen-bond acceptors (Lipinski definition) is 6. The van der Waals surface area contributed by atoms with E-state index in [4.69, 9.17) is 22.1 Å². The zero-order chi connectivity index (χ0) is 14.8. The normalized spacial score (nSPS) is 10.8. The average Bonchev–Trinajstić information content (AvgIpc) is 2.90. The number of nitrogen functional groups attached to an aromatic ring is 1. The first kappa shape index (κ1) is 13.9. The molecule has 21 heavy (non-hydrogen) atoms. The molecule has 1 aromatic heterocycles. The summed E-state index contributed by atoms with van der Waals surface area (Å²) in [6.45, 7) is 2.50. The number of fused-ring (bicyclic) bond motifs is 1. The number of hydrogen-bond donors (Lipinski definition) is 2. The second-order valence-electron chi connectivity index (χ2n) is 4.40. The lowest BCUT2D eigenvalue weighted by atomic mass is 10.2. The van der Waals surface area contributed by atoms with E-state index in [-0.39, 0.29) is 0 Å². The van der Waals surface area contributed by atoms with E-state index in [9.17, 15) is 0 Å². The van der Waals surface area contributed by atoms with E-state index in [0.29, 0.717) is 23.1 Å². The lowest BCUT2D eigenvalue weighted by molar-refractivity contribution is 0.340. The molecule has 0 radical (unpaired) electrons. The van der Waals surface area contributed by atoms with Crippen LogP contribution in [0.4, 0.5) is 17.1 Å². The predicted molar refractivity (Wildman–Crippen MR) is 87.7 cm³/mol. The van der Waals surface area contributed by atoms with Crippen molar-refractivity contribution in [2.45, 2.75) is 6.92 Å². The minimum Gasteiger partial charge on any atom is -0.494 e. The van der Waals surface area contributed by atoms with Crippen LogP contribution in [0.25, 0.3) is 11.0 Å². The molecule has 3 rings (SSSR count). The van der Waals surface area contributed by atoms with Crippen molar-refractivity contribution in [1.82, 2.24) is 8.75 Å². The van der Waals surface area contributed by atoms with E-state index < -0.39 is 0 Å². The van der Waals surface area contributed by atoms with Crippen molar-refractivity contribution in [3.8, 4) is 5.75 Å². The molecule has 0 amide bonds. The zero-order valence-electron chi connectivity index (χ0n) is 11.3. The highest BCUT2D eigenvalue weighted by atomic mass is 35.5. The fraction of sp³-hybridized carbons (Fsp3) is 0.143. The highest BCUT2D eigenvalue weighted by Crippen LogP contribution is 2.34. The van der Waals surface area contributed by atoms with Gasteiger partial charge in [-0.25, -0.2) is 0 Å². The largest absolute Gasteiger partial charge is 0.494 e. The van der Waals surface area contributed by atoms with Crippen LogP contribution in [0.15, 0.2) is 30.3 Å². The molecule has 3 N–H and O–H groups in total. The number of halogens is 1. The first-order chi connectivity index (χ1) is 10.2. The van der Waals surface area contributed by atoms with Crippen molar-refractivity contribution in [3.63, 3.8) is 0 Å². The van der Waals surface area contributed by atoms with E-state index in [0.717, 1.165) is 34.1 Å². The van der Waals surface area contributed by atoms with Crippen molar-refractivity contribution in [3.05, 3.63) is 35.4 Å². The third kappa shape index (κ3) is 2.86. The zero-order valence-corrected chi connectivity index (χ0v) is 12.8. The summed E-state index contributed by atoms with van der Waals surface area (Å²) in [7, 11) is 0. The number of benzene rings is 2. The Labute approximate surface area is 131 Å². The molecule has 3 aromatic rings. The molecule has 0 unspecified atom stereocenters. The number of nitrogens with two attached hydrogens (primary N) is 1. The Kier molecular flexibility index (Phi) is 3.81. The molecule has 0 atom stereocenters. The topological polar surface area (TPSA) is 73.1 Å². The van der Waals surface area contributed by atoms with Gasteiger partial charge in [-0.05, 0) is 25.1 Å². The Balaban J connectivity index is 2.02. The van der Waals surface area contributed by atoms with E-state index in [1.165, 1.54) is 0 Å². The van der Waals surface area contributed by atoms with Crippen LogP contribution in [0.1, 0.15) is 6.92 Å². The molecule has 108 valence electrons. The summed E-state index contributed by atoms with van der Waals surface area (Å²) in [6.07, 6.45) is 0. The summed E-state index contributed by atoms with van der Waals surface area (Å²) in [5.41, 5.74) is 9.57. The Morgan fingerprint density at radius 1 is 1.29 bits per heavy atom. The molecule has 7 heteroatoms. The van der Waals surface area contributed by atoms with Crippen LogP contribution in [0.5, 0.6) is 5.75 Å². The molecular formula is C14H13ClN4OS. The second-order valence-corrected chi connectivity index (χ2v) is 5.34. The maximum atomic E-state index is 6.26. The van der Waals surface area contributed by atoms with Gasteiger partial charge in [-0.2, -0.15) is 8.75 Å². The summed E-state index contributed by atoms with van der Waals surface area (Å²) in [4.78, 5) is 0. The van der Waals surface area contributed by atoms with Crippen molar-refractivity contribution in [1.29, 1.82) is 0 Å². The molecule has 1 heterocycles. The third-order valence-corrected chi connectivity index (χ3v) is 3.74. The van der Waals surface area contributed by atoms with Crippen LogP contribution in [0.2, 0.25) is 5.02 Å². The number of aromatic nitrogens is 2. The molecule has 0 saturated carbocycles. The van der Waals surface area contributed by atoms with Gasteiger partial charge in [-0.3, -0.25) is 0 Å². The van der Waals surface area contributed by atoms with Gasteiger partial charge in [0.25, 0.3) is 0 Å². The number of nitrogens with one attached hydrogen (secondary N) is 1. The molecule has 2 aromatic carbocycles. The van der Waals surface area contributed by atoms with E-state index >= 15 is 0 Å². The summed E-state index contributed by atoms with van der Waals surface area (Å²) in [5, 5.41) is 3.83. The van der Waals surface area contributed by atoms with Gasteiger partial charge in [0, 0.05) is 23.5 Å². The number of rotatable bonds is 4. The average molecular weight is 321 g/mol. The van der Waals surface area contributed by atoms with Gasteiger partial charge in [-0.15, -0.1) is 0 Å². The highest BCUT2D eigenvalue weighted by Gasteiger charge is 2.11. The van der Waals surface area contributed by atoms with Gasteiger partial charge in [0.1, 0.15) is 16.8 Å². The first-order valence-corrected chi connectivity index (χ1v) is 7.49.